The third kappa shape index (κ3) is 3.93. The Balaban J connectivity index is 2.20. The molecule has 0 atom stereocenters. The molecule has 1 saturated heterocycles. The average Bonchev–Trinajstić information content (AvgIpc) is 2.53. The number of methoxy groups -OCH3 is 1. The van der Waals surface area contributed by atoms with Gasteiger partial charge in [-0.1, -0.05) is 6.92 Å². The van der Waals surface area contributed by atoms with Gasteiger partial charge in [0.25, 0.3) is 5.91 Å². The van der Waals surface area contributed by atoms with Crippen LogP contribution in [-0.2, 0) is 0 Å². The summed E-state index contributed by atoms with van der Waals surface area (Å²) in [7, 11) is 1.58. The second-order valence-electron chi connectivity index (χ2n) is 5.47. The van der Waals surface area contributed by atoms with E-state index >= 15 is 0 Å². The number of carbonyl (C=O) groups is 1. The van der Waals surface area contributed by atoms with E-state index in [-0.39, 0.29) is 11.9 Å². The lowest BCUT2D eigenvalue weighted by Crippen LogP contribution is -2.42. The van der Waals surface area contributed by atoms with Crippen molar-refractivity contribution in [1.29, 1.82) is 0 Å². The zero-order valence-electron chi connectivity index (χ0n) is 13.1. The van der Waals surface area contributed by atoms with Gasteiger partial charge in [-0.3, -0.25) is 4.79 Å². The SMILES string of the molecule is CCCOc1c(Br)cc(C(=O)N2CCC(N)CC2)cc1OC. The summed E-state index contributed by atoms with van der Waals surface area (Å²) in [5.74, 6) is 1.22. The molecule has 1 fully saturated rings. The number of benzene rings is 1. The van der Waals surface area contributed by atoms with Crippen LogP contribution in [0, 0.1) is 0 Å². The standard InChI is InChI=1S/C16H23BrN2O3/c1-3-8-22-15-13(17)9-11(10-14(15)21-2)16(20)19-6-4-12(18)5-7-19/h9-10,12H,3-8,18H2,1-2H3. The van der Waals surface area contributed by atoms with E-state index in [1.54, 1.807) is 19.2 Å². The van der Waals surface area contributed by atoms with E-state index < -0.39 is 0 Å². The van der Waals surface area contributed by atoms with Crippen LogP contribution in [0.1, 0.15) is 36.5 Å². The molecular formula is C16H23BrN2O3. The van der Waals surface area contributed by atoms with E-state index in [0.717, 1.165) is 23.7 Å². The van der Waals surface area contributed by atoms with Gasteiger partial charge in [-0.2, -0.15) is 0 Å². The van der Waals surface area contributed by atoms with Gasteiger partial charge in [0.15, 0.2) is 11.5 Å². The van der Waals surface area contributed by atoms with E-state index in [2.05, 4.69) is 15.9 Å². The third-order valence-electron chi connectivity index (χ3n) is 3.75. The number of likely N-dealkylation sites (tertiary alicyclic amines) is 1. The number of ether oxygens (including phenoxy) is 2. The molecule has 5 nitrogen and oxygen atoms in total. The fourth-order valence-corrected chi connectivity index (χ4v) is 3.03. The first-order valence-corrected chi connectivity index (χ1v) is 8.41. The highest BCUT2D eigenvalue weighted by Gasteiger charge is 2.23. The summed E-state index contributed by atoms with van der Waals surface area (Å²) in [6.07, 6.45) is 2.60. The summed E-state index contributed by atoms with van der Waals surface area (Å²) < 4.78 is 11.8. The van der Waals surface area contributed by atoms with Gasteiger partial charge >= 0.3 is 0 Å². The lowest BCUT2D eigenvalue weighted by Gasteiger charge is -2.30. The van der Waals surface area contributed by atoms with Crippen molar-refractivity contribution >= 4 is 21.8 Å². The van der Waals surface area contributed by atoms with E-state index in [0.29, 0.717) is 36.8 Å². The molecule has 1 aromatic carbocycles. The molecule has 2 N–H and O–H groups in total. The van der Waals surface area contributed by atoms with Crippen LogP contribution in [0.2, 0.25) is 0 Å². The number of halogens is 1. The number of nitrogens with two attached hydrogens (primary N) is 1. The summed E-state index contributed by atoms with van der Waals surface area (Å²) in [6.45, 7) is 4.05. The molecule has 122 valence electrons. The molecule has 0 bridgehead atoms. The molecular weight excluding hydrogens is 348 g/mol. The zero-order valence-corrected chi connectivity index (χ0v) is 14.7. The quantitative estimate of drug-likeness (QED) is 0.865. The van der Waals surface area contributed by atoms with Gasteiger partial charge in [-0.05, 0) is 47.3 Å². The van der Waals surface area contributed by atoms with Crippen LogP contribution in [-0.4, -0.2) is 43.7 Å². The summed E-state index contributed by atoms with van der Waals surface area (Å²) in [5, 5.41) is 0. The van der Waals surface area contributed by atoms with Crippen LogP contribution < -0.4 is 15.2 Å². The Labute approximate surface area is 139 Å². The molecule has 0 aromatic heterocycles. The molecule has 1 aliphatic heterocycles. The molecule has 1 amide bonds. The van der Waals surface area contributed by atoms with Gasteiger partial charge in [0.1, 0.15) is 0 Å². The highest BCUT2D eigenvalue weighted by Crippen LogP contribution is 2.37. The fraction of sp³-hybridized carbons (Fsp3) is 0.562. The van der Waals surface area contributed by atoms with E-state index in [9.17, 15) is 4.79 Å². The smallest absolute Gasteiger partial charge is 0.254 e. The first-order chi connectivity index (χ1) is 10.6. The van der Waals surface area contributed by atoms with Crippen molar-refractivity contribution in [2.75, 3.05) is 26.8 Å². The molecule has 1 aromatic rings. The molecule has 2 rings (SSSR count). The van der Waals surface area contributed by atoms with Crippen molar-refractivity contribution in [3.8, 4) is 11.5 Å². The molecule has 0 aliphatic carbocycles. The highest BCUT2D eigenvalue weighted by molar-refractivity contribution is 9.10. The largest absolute Gasteiger partial charge is 0.493 e. The highest BCUT2D eigenvalue weighted by atomic mass is 79.9. The maximum absolute atomic E-state index is 12.6. The summed E-state index contributed by atoms with van der Waals surface area (Å²) in [4.78, 5) is 14.5. The van der Waals surface area contributed by atoms with Gasteiger partial charge in [-0.25, -0.2) is 0 Å². The van der Waals surface area contributed by atoms with Gasteiger partial charge in [0.2, 0.25) is 0 Å². The van der Waals surface area contributed by atoms with E-state index in [1.165, 1.54) is 0 Å². The Hall–Kier alpha value is -1.27. The number of rotatable bonds is 5. The minimum atomic E-state index is 0.00735. The Morgan fingerprint density at radius 3 is 2.68 bits per heavy atom. The van der Waals surface area contributed by atoms with Crippen LogP contribution in [0.15, 0.2) is 16.6 Å². The van der Waals surface area contributed by atoms with Crippen LogP contribution in [0.3, 0.4) is 0 Å². The first-order valence-electron chi connectivity index (χ1n) is 7.62. The van der Waals surface area contributed by atoms with E-state index in [4.69, 9.17) is 15.2 Å². The Kier molecular flexibility index (Phi) is 6.08. The first kappa shape index (κ1) is 17.1. The van der Waals surface area contributed by atoms with Gasteiger partial charge in [0, 0.05) is 24.7 Å². The van der Waals surface area contributed by atoms with Crippen LogP contribution >= 0.6 is 15.9 Å². The lowest BCUT2D eigenvalue weighted by molar-refractivity contribution is 0.0714. The fourth-order valence-electron chi connectivity index (χ4n) is 2.47. The summed E-state index contributed by atoms with van der Waals surface area (Å²) in [5.41, 5.74) is 6.49. The van der Waals surface area contributed by atoms with Crippen LogP contribution in [0.5, 0.6) is 11.5 Å². The van der Waals surface area contributed by atoms with Crippen molar-refractivity contribution in [3.63, 3.8) is 0 Å². The Morgan fingerprint density at radius 1 is 1.41 bits per heavy atom. The maximum atomic E-state index is 12.6. The molecule has 6 heteroatoms. The minimum absolute atomic E-state index is 0.00735. The number of hydrogen-bond acceptors (Lipinski definition) is 4. The molecule has 0 unspecified atom stereocenters. The second kappa shape index (κ2) is 7.83. The molecule has 0 spiro atoms. The van der Waals surface area contributed by atoms with Gasteiger partial charge in [-0.15, -0.1) is 0 Å². The normalized spacial score (nSPS) is 15.7. The van der Waals surface area contributed by atoms with Crippen LogP contribution in [0.4, 0.5) is 0 Å². The predicted molar refractivity (Wildman–Crippen MR) is 89.6 cm³/mol. The van der Waals surface area contributed by atoms with Gasteiger partial charge in [0.05, 0.1) is 18.2 Å². The van der Waals surface area contributed by atoms with Gasteiger partial charge < -0.3 is 20.1 Å². The van der Waals surface area contributed by atoms with Crippen molar-refractivity contribution in [2.45, 2.75) is 32.2 Å². The molecule has 0 saturated carbocycles. The van der Waals surface area contributed by atoms with E-state index in [1.807, 2.05) is 11.8 Å². The van der Waals surface area contributed by atoms with Crippen molar-refractivity contribution in [3.05, 3.63) is 22.2 Å². The minimum Gasteiger partial charge on any atom is -0.493 e. The van der Waals surface area contributed by atoms with Crippen LogP contribution in [0.25, 0.3) is 0 Å². The maximum Gasteiger partial charge on any atom is 0.254 e. The number of piperidine rings is 1. The number of carbonyl (C=O) groups excluding carboxylic acids is 1. The predicted octanol–water partition coefficient (Wildman–Crippen LogP) is 2.81. The number of amides is 1. The summed E-state index contributed by atoms with van der Waals surface area (Å²) in [6, 6.07) is 3.74. The second-order valence-corrected chi connectivity index (χ2v) is 6.32. The lowest BCUT2D eigenvalue weighted by atomic mass is 10.0. The zero-order chi connectivity index (χ0) is 16.1. The molecule has 22 heavy (non-hydrogen) atoms. The van der Waals surface area contributed by atoms with Crippen molar-refractivity contribution in [1.82, 2.24) is 4.90 Å². The number of nitrogens with zero attached hydrogens (tertiary/aromatic N) is 1. The monoisotopic (exact) mass is 370 g/mol. The third-order valence-corrected chi connectivity index (χ3v) is 4.34. The Morgan fingerprint density at radius 2 is 2.09 bits per heavy atom. The number of hydrogen-bond donors (Lipinski definition) is 1. The van der Waals surface area contributed by atoms with Crippen molar-refractivity contribution < 1.29 is 14.3 Å². The molecule has 1 aliphatic rings. The Bertz CT molecular complexity index is 528. The topological polar surface area (TPSA) is 64.8 Å². The summed E-state index contributed by atoms with van der Waals surface area (Å²) >= 11 is 3.48. The average molecular weight is 371 g/mol. The molecule has 0 radical (unpaired) electrons. The van der Waals surface area contributed by atoms with Crippen molar-refractivity contribution in [2.24, 2.45) is 5.73 Å². The molecule has 1 heterocycles.